The van der Waals surface area contributed by atoms with Crippen LogP contribution in [-0.4, -0.2) is 35.5 Å². The second-order valence-electron chi connectivity index (χ2n) is 7.49. The van der Waals surface area contributed by atoms with Crippen LogP contribution in [0.2, 0.25) is 0 Å². The van der Waals surface area contributed by atoms with Crippen LogP contribution in [0.3, 0.4) is 0 Å². The number of nitrogens with zero attached hydrogens (tertiary/aromatic N) is 1. The number of amides is 2. The molecule has 1 aliphatic rings. The van der Waals surface area contributed by atoms with Gasteiger partial charge in [-0.1, -0.05) is 55.7 Å². The summed E-state index contributed by atoms with van der Waals surface area (Å²) in [6.07, 6.45) is -0.170. The Morgan fingerprint density at radius 1 is 1.07 bits per heavy atom. The molecule has 0 unspecified atom stereocenters. The zero-order valence-electron chi connectivity index (χ0n) is 16.5. The highest BCUT2D eigenvalue weighted by Crippen LogP contribution is 2.31. The van der Waals surface area contributed by atoms with E-state index in [1.165, 1.54) is 11.3 Å². The quantitative estimate of drug-likeness (QED) is 0.670. The van der Waals surface area contributed by atoms with Crippen molar-refractivity contribution in [3.05, 3.63) is 58.3 Å². The van der Waals surface area contributed by atoms with E-state index >= 15 is 0 Å². The van der Waals surface area contributed by atoms with Gasteiger partial charge < -0.3 is 10.2 Å². The first-order valence-electron chi connectivity index (χ1n) is 10.1. The highest BCUT2D eigenvalue weighted by atomic mass is 32.1. The molecule has 1 aliphatic carbocycles. The van der Waals surface area contributed by atoms with Crippen molar-refractivity contribution in [3.8, 4) is 0 Å². The molecule has 2 amide bonds. The summed E-state index contributed by atoms with van der Waals surface area (Å²) in [5.74, 6) is -2.54. The Kier molecular flexibility index (Phi) is 7.53. The van der Waals surface area contributed by atoms with E-state index in [2.05, 4.69) is 5.32 Å². The minimum absolute atomic E-state index is 0.0642. The lowest BCUT2D eigenvalue weighted by Crippen LogP contribution is -2.50. The molecule has 1 aromatic heterocycles. The van der Waals surface area contributed by atoms with Crippen molar-refractivity contribution < 1.29 is 22.8 Å². The van der Waals surface area contributed by atoms with E-state index in [9.17, 15) is 22.8 Å². The van der Waals surface area contributed by atoms with Gasteiger partial charge in [-0.05, 0) is 36.3 Å². The van der Waals surface area contributed by atoms with Gasteiger partial charge in [0.15, 0.2) is 0 Å². The van der Waals surface area contributed by atoms with Gasteiger partial charge in [-0.15, -0.1) is 11.3 Å². The average molecular weight is 439 g/mol. The van der Waals surface area contributed by atoms with Gasteiger partial charge in [0.1, 0.15) is 6.04 Å². The number of benzene rings is 1. The van der Waals surface area contributed by atoms with Crippen molar-refractivity contribution in [1.82, 2.24) is 10.2 Å². The third-order valence-electron chi connectivity index (χ3n) is 5.31. The molecule has 1 fully saturated rings. The lowest BCUT2D eigenvalue weighted by Gasteiger charge is -2.33. The second kappa shape index (κ2) is 10.1. The fourth-order valence-corrected chi connectivity index (χ4v) is 4.64. The van der Waals surface area contributed by atoms with Gasteiger partial charge in [-0.3, -0.25) is 9.59 Å². The number of nitrogens with one attached hydrogen (secondary N) is 1. The normalized spacial score (nSPS) is 16.1. The van der Waals surface area contributed by atoms with E-state index in [1.54, 1.807) is 41.8 Å². The Hall–Kier alpha value is -2.35. The predicted molar refractivity (Wildman–Crippen MR) is 110 cm³/mol. The van der Waals surface area contributed by atoms with Crippen molar-refractivity contribution >= 4 is 23.2 Å². The SMILES string of the molecule is O=C(NC1CCCCC1)[C@@H](c1cccs1)N(CCc1ccccc1)C(=O)C(F)(F)F. The number of carbonyl (C=O) groups excluding carboxylic acids is 2. The molecule has 2 aromatic rings. The molecule has 1 aromatic carbocycles. The van der Waals surface area contributed by atoms with Gasteiger partial charge in [-0.25, -0.2) is 0 Å². The molecule has 0 bridgehead atoms. The van der Waals surface area contributed by atoms with Crippen molar-refractivity contribution in [2.24, 2.45) is 0 Å². The molecule has 0 spiro atoms. The molecule has 0 saturated heterocycles. The molecule has 8 heteroatoms. The summed E-state index contributed by atoms with van der Waals surface area (Å²) >= 11 is 1.18. The zero-order chi connectivity index (χ0) is 21.6. The van der Waals surface area contributed by atoms with Crippen molar-refractivity contribution in [2.75, 3.05) is 6.54 Å². The smallest absolute Gasteiger partial charge is 0.351 e. The molecule has 1 atom stereocenters. The fourth-order valence-electron chi connectivity index (χ4n) is 3.80. The standard InChI is InChI=1S/C22H25F3N2O2S/c23-22(24,25)21(29)27(14-13-16-8-3-1-4-9-16)19(18-12-7-15-30-18)20(28)26-17-10-5-2-6-11-17/h1,3-4,7-9,12,15,17,19H,2,5-6,10-11,13-14H2,(H,26,28)/t19-/m1/s1. The third kappa shape index (κ3) is 5.84. The van der Waals surface area contributed by atoms with Gasteiger partial charge in [0.05, 0.1) is 0 Å². The van der Waals surface area contributed by atoms with Crippen LogP contribution in [0.1, 0.15) is 48.6 Å². The summed E-state index contributed by atoms with van der Waals surface area (Å²) in [4.78, 5) is 26.6. The summed E-state index contributed by atoms with van der Waals surface area (Å²) in [6.45, 7) is -0.205. The van der Waals surface area contributed by atoms with Gasteiger partial charge in [0.25, 0.3) is 0 Å². The van der Waals surface area contributed by atoms with E-state index in [4.69, 9.17) is 0 Å². The van der Waals surface area contributed by atoms with Crippen LogP contribution in [0.4, 0.5) is 13.2 Å². The number of thiophene rings is 1. The molecule has 3 rings (SSSR count). The lowest BCUT2D eigenvalue weighted by molar-refractivity contribution is -0.188. The maximum atomic E-state index is 13.4. The largest absolute Gasteiger partial charge is 0.471 e. The van der Waals surface area contributed by atoms with Crippen LogP contribution < -0.4 is 5.32 Å². The average Bonchev–Trinajstić information content (AvgIpc) is 3.25. The predicted octanol–water partition coefficient (Wildman–Crippen LogP) is 4.87. The molecular weight excluding hydrogens is 413 g/mol. The van der Waals surface area contributed by atoms with Crippen molar-refractivity contribution in [3.63, 3.8) is 0 Å². The maximum absolute atomic E-state index is 13.4. The number of carbonyl (C=O) groups is 2. The summed E-state index contributed by atoms with van der Waals surface area (Å²) in [5, 5.41) is 4.60. The van der Waals surface area contributed by atoms with Crippen LogP contribution in [0.15, 0.2) is 47.8 Å². The number of rotatable bonds is 7. The monoisotopic (exact) mass is 438 g/mol. The van der Waals surface area contributed by atoms with Gasteiger partial charge >= 0.3 is 12.1 Å². The molecule has 4 nitrogen and oxygen atoms in total. The molecule has 0 aliphatic heterocycles. The van der Waals surface area contributed by atoms with E-state index in [1.807, 2.05) is 6.07 Å². The Morgan fingerprint density at radius 2 is 1.77 bits per heavy atom. The van der Waals surface area contributed by atoms with E-state index in [-0.39, 0.29) is 19.0 Å². The summed E-state index contributed by atoms with van der Waals surface area (Å²) in [7, 11) is 0. The minimum Gasteiger partial charge on any atom is -0.351 e. The molecule has 1 heterocycles. The highest BCUT2D eigenvalue weighted by Gasteiger charge is 2.46. The van der Waals surface area contributed by atoms with E-state index < -0.39 is 24.0 Å². The van der Waals surface area contributed by atoms with E-state index in [0.717, 1.165) is 37.7 Å². The first-order valence-corrected chi connectivity index (χ1v) is 11.0. The van der Waals surface area contributed by atoms with Gasteiger partial charge in [0, 0.05) is 17.5 Å². The molecule has 1 saturated carbocycles. The first kappa shape index (κ1) is 22.3. The van der Waals surface area contributed by atoms with Crippen LogP contribution >= 0.6 is 11.3 Å². The molecule has 162 valence electrons. The third-order valence-corrected chi connectivity index (χ3v) is 6.24. The first-order chi connectivity index (χ1) is 14.4. The van der Waals surface area contributed by atoms with Crippen LogP contribution in [0.5, 0.6) is 0 Å². The number of alkyl halides is 3. The Labute approximate surface area is 178 Å². The summed E-state index contributed by atoms with van der Waals surface area (Å²) in [5.41, 5.74) is 0.801. The zero-order valence-corrected chi connectivity index (χ0v) is 17.3. The van der Waals surface area contributed by atoms with Crippen LogP contribution in [0, 0.1) is 0 Å². The van der Waals surface area contributed by atoms with E-state index in [0.29, 0.717) is 9.78 Å². The van der Waals surface area contributed by atoms with Gasteiger partial charge in [0.2, 0.25) is 5.91 Å². The topological polar surface area (TPSA) is 49.4 Å². The number of hydrogen-bond donors (Lipinski definition) is 1. The Bertz CT molecular complexity index is 819. The Morgan fingerprint density at radius 3 is 2.37 bits per heavy atom. The fraction of sp³-hybridized carbons (Fsp3) is 0.455. The molecule has 0 radical (unpaired) electrons. The minimum atomic E-state index is -5.06. The highest BCUT2D eigenvalue weighted by molar-refractivity contribution is 7.10. The molecule has 30 heavy (non-hydrogen) atoms. The van der Waals surface area contributed by atoms with Gasteiger partial charge in [-0.2, -0.15) is 13.2 Å². The van der Waals surface area contributed by atoms with Crippen molar-refractivity contribution in [2.45, 2.75) is 56.8 Å². The van der Waals surface area contributed by atoms with Crippen LogP contribution in [0.25, 0.3) is 0 Å². The summed E-state index contributed by atoms with van der Waals surface area (Å²) < 4.78 is 40.3. The lowest BCUT2D eigenvalue weighted by atomic mass is 9.95. The molecule has 1 N–H and O–H groups in total. The summed E-state index contributed by atoms with van der Waals surface area (Å²) in [6, 6.07) is 10.9. The molecular formula is C22H25F3N2O2S. The van der Waals surface area contributed by atoms with Crippen molar-refractivity contribution in [1.29, 1.82) is 0 Å². The second-order valence-corrected chi connectivity index (χ2v) is 8.47. The van der Waals surface area contributed by atoms with Crippen LogP contribution in [-0.2, 0) is 16.0 Å². The number of hydrogen-bond acceptors (Lipinski definition) is 3. The Balaban J connectivity index is 1.87. The maximum Gasteiger partial charge on any atom is 0.471 e. The number of halogens is 3.